The molecule has 0 bridgehead atoms. The number of hydrogen-bond donors (Lipinski definition) is 2. The molecule has 6 heteroatoms. The fourth-order valence-electron chi connectivity index (χ4n) is 3.49. The second kappa shape index (κ2) is 9.03. The molecule has 2 unspecified atom stereocenters. The Kier molecular flexibility index (Phi) is 7.03. The van der Waals surface area contributed by atoms with Gasteiger partial charge in [-0.1, -0.05) is 18.9 Å². The molecule has 0 spiro atoms. The molecular formula is C20H31N3O3. The molecule has 1 fully saturated rings. The summed E-state index contributed by atoms with van der Waals surface area (Å²) in [5.74, 6) is 0.268. The molecule has 0 aromatic heterocycles. The van der Waals surface area contributed by atoms with Crippen molar-refractivity contribution in [2.24, 2.45) is 11.7 Å². The van der Waals surface area contributed by atoms with E-state index in [1.165, 1.54) is 0 Å². The number of amides is 2. The van der Waals surface area contributed by atoms with E-state index < -0.39 is 5.54 Å². The zero-order chi connectivity index (χ0) is 19.2. The van der Waals surface area contributed by atoms with Crippen LogP contribution in [0.25, 0.3) is 0 Å². The molecule has 144 valence electrons. The van der Waals surface area contributed by atoms with E-state index in [-0.39, 0.29) is 24.3 Å². The fourth-order valence-corrected chi connectivity index (χ4v) is 3.49. The summed E-state index contributed by atoms with van der Waals surface area (Å²) in [6.45, 7) is 7.14. The summed E-state index contributed by atoms with van der Waals surface area (Å²) in [4.78, 5) is 26.4. The van der Waals surface area contributed by atoms with Crippen molar-refractivity contribution in [2.75, 3.05) is 25.0 Å². The van der Waals surface area contributed by atoms with Crippen LogP contribution in [0.4, 0.5) is 5.69 Å². The maximum absolute atomic E-state index is 12.6. The number of carbonyl (C=O) groups excluding carboxylic acids is 2. The number of nitrogens with one attached hydrogen (secondary N) is 1. The number of anilines is 1. The summed E-state index contributed by atoms with van der Waals surface area (Å²) in [5, 5.41) is 2.95. The molecule has 1 aliphatic rings. The van der Waals surface area contributed by atoms with Gasteiger partial charge in [0.15, 0.2) is 6.61 Å². The first-order chi connectivity index (χ1) is 12.4. The Morgan fingerprint density at radius 3 is 2.69 bits per heavy atom. The SMILES string of the molecule is CCN(CC)C(=O)COc1cccc(NC(=O)C2CCCCC2(C)N)c1. The van der Waals surface area contributed by atoms with Crippen molar-refractivity contribution in [1.29, 1.82) is 0 Å². The van der Waals surface area contributed by atoms with Gasteiger partial charge in [-0.3, -0.25) is 9.59 Å². The van der Waals surface area contributed by atoms with Crippen LogP contribution in [0, 0.1) is 5.92 Å². The van der Waals surface area contributed by atoms with Gasteiger partial charge in [-0.15, -0.1) is 0 Å². The highest BCUT2D eigenvalue weighted by molar-refractivity contribution is 5.93. The first kappa shape index (κ1) is 20.2. The summed E-state index contributed by atoms with van der Waals surface area (Å²) >= 11 is 0. The molecule has 0 radical (unpaired) electrons. The molecule has 1 saturated carbocycles. The minimum Gasteiger partial charge on any atom is -0.484 e. The minimum absolute atomic E-state index is 0.0113. The van der Waals surface area contributed by atoms with E-state index in [2.05, 4.69) is 5.32 Å². The van der Waals surface area contributed by atoms with Gasteiger partial charge in [0.1, 0.15) is 5.75 Å². The van der Waals surface area contributed by atoms with Gasteiger partial charge in [-0.25, -0.2) is 0 Å². The summed E-state index contributed by atoms with van der Waals surface area (Å²) in [7, 11) is 0. The van der Waals surface area contributed by atoms with Gasteiger partial charge < -0.3 is 20.7 Å². The minimum atomic E-state index is -0.466. The largest absolute Gasteiger partial charge is 0.484 e. The summed E-state index contributed by atoms with van der Waals surface area (Å²) in [6, 6.07) is 7.13. The predicted molar refractivity (Wildman–Crippen MR) is 103 cm³/mol. The summed E-state index contributed by atoms with van der Waals surface area (Å²) in [5.41, 5.74) is 6.51. The molecule has 1 aromatic carbocycles. The van der Waals surface area contributed by atoms with Gasteiger partial charge in [-0.05, 0) is 45.7 Å². The maximum atomic E-state index is 12.6. The van der Waals surface area contributed by atoms with Crippen molar-refractivity contribution in [3.63, 3.8) is 0 Å². The van der Waals surface area contributed by atoms with Gasteiger partial charge in [0.05, 0.1) is 5.92 Å². The van der Waals surface area contributed by atoms with Crippen molar-refractivity contribution < 1.29 is 14.3 Å². The monoisotopic (exact) mass is 361 g/mol. The Balaban J connectivity index is 1.96. The zero-order valence-electron chi connectivity index (χ0n) is 16.1. The Hall–Kier alpha value is -2.08. The van der Waals surface area contributed by atoms with Crippen LogP contribution in [0.15, 0.2) is 24.3 Å². The van der Waals surface area contributed by atoms with Crippen LogP contribution in [0.5, 0.6) is 5.75 Å². The standard InChI is InChI=1S/C20H31N3O3/c1-4-23(5-2)18(24)14-26-16-10-8-9-15(13-16)22-19(25)17-11-6-7-12-20(17,3)21/h8-10,13,17H,4-7,11-12,14,21H2,1-3H3,(H,22,25). The topological polar surface area (TPSA) is 84.7 Å². The van der Waals surface area contributed by atoms with Crippen LogP contribution < -0.4 is 15.8 Å². The third-order valence-corrected chi connectivity index (χ3v) is 5.15. The number of benzene rings is 1. The lowest BCUT2D eigenvalue weighted by Crippen LogP contribution is -2.51. The molecule has 1 aromatic rings. The molecule has 6 nitrogen and oxygen atoms in total. The van der Waals surface area contributed by atoms with Crippen LogP contribution in [0.2, 0.25) is 0 Å². The van der Waals surface area contributed by atoms with Crippen molar-refractivity contribution in [2.45, 2.75) is 52.0 Å². The average Bonchev–Trinajstić information content (AvgIpc) is 2.61. The summed E-state index contributed by atoms with van der Waals surface area (Å²) in [6.07, 6.45) is 3.78. The van der Waals surface area contributed by atoms with E-state index in [0.717, 1.165) is 25.7 Å². The van der Waals surface area contributed by atoms with Crippen molar-refractivity contribution >= 4 is 17.5 Å². The Morgan fingerprint density at radius 1 is 1.31 bits per heavy atom. The van der Waals surface area contributed by atoms with Crippen molar-refractivity contribution in [1.82, 2.24) is 4.90 Å². The zero-order valence-corrected chi connectivity index (χ0v) is 16.1. The van der Waals surface area contributed by atoms with Gasteiger partial charge in [0.2, 0.25) is 5.91 Å². The number of likely N-dealkylation sites (N-methyl/N-ethyl adjacent to an activating group) is 1. The number of hydrogen-bond acceptors (Lipinski definition) is 4. The van der Waals surface area contributed by atoms with E-state index in [9.17, 15) is 9.59 Å². The van der Waals surface area contributed by atoms with E-state index in [1.54, 1.807) is 23.1 Å². The van der Waals surface area contributed by atoms with Crippen molar-refractivity contribution in [3.05, 3.63) is 24.3 Å². The Labute approximate surface area is 156 Å². The highest BCUT2D eigenvalue weighted by Gasteiger charge is 2.37. The first-order valence-electron chi connectivity index (χ1n) is 9.47. The van der Waals surface area contributed by atoms with E-state index in [4.69, 9.17) is 10.5 Å². The molecule has 26 heavy (non-hydrogen) atoms. The second-order valence-corrected chi connectivity index (χ2v) is 7.18. The van der Waals surface area contributed by atoms with Gasteiger partial charge >= 0.3 is 0 Å². The van der Waals surface area contributed by atoms with Crippen molar-refractivity contribution in [3.8, 4) is 5.75 Å². The van der Waals surface area contributed by atoms with Gasteiger partial charge in [0.25, 0.3) is 5.91 Å². The molecule has 2 rings (SSSR count). The predicted octanol–water partition coefficient (Wildman–Crippen LogP) is 2.78. The average molecular weight is 361 g/mol. The Morgan fingerprint density at radius 2 is 2.04 bits per heavy atom. The summed E-state index contributed by atoms with van der Waals surface area (Å²) < 4.78 is 5.59. The second-order valence-electron chi connectivity index (χ2n) is 7.18. The number of rotatable bonds is 7. The third-order valence-electron chi connectivity index (χ3n) is 5.15. The van der Waals surface area contributed by atoms with Gasteiger partial charge in [0, 0.05) is 30.4 Å². The third kappa shape index (κ3) is 5.21. The Bertz CT molecular complexity index is 626. The van der Waals surface area contributed by atoms with Crippen LogP contribution in [-0.2, 0) is 9.59 Å². The highest BCUT2D eigenvalue weighted by atomic mass is 16.5. The molecule has 0 aliphatic heterocycles. The normalized spacial score (nSPS) is 22.5. The molecule has 0 heterocycles. The number of nitrogens with zero attached hydrogens (tertiary/aromatic N) is 1. The van der Waals surface area contributed by atoms with Crippen LogP contribution in [0.3, 0.4) is 0 Å². The van der Waals surface area contributed by atoms with Gasteiger partial charge in [-0.2, -0.15) is 0 Å². The van der Waals surface area contributed by atoms with Crippen LogP contribution >= 0.6 is 0 Å². The highest BCUT2D eigenvalue weighted by Crippen LogP contribution is 2.32. The maximum Gasteiger partial charge on any atom is 0.260 e. The van der Waals surface area contributed by atoms with Crippen LogP contribution in [0.1, 0.15) is 46.5 Å². The first-order valence-corrected chi connectivity index (χ1v) is 9.47. The lowest BCUT2D eigenvalue weighted by molar-refractivity contribution is -0.133. The fraction of sp³-hybridized carbons (Fsp3) is 0.600. The lowest BCUT2D eigenvalue weighted by atomic mass is 9.74. The molecule has 3 N–H and O–H groups in total. The van der Waals surface area contributed by atoms with E-state index >= 15 is 0 Å². The number of nitrogens with two attached hydrogens (primary N) is 1. The molecular weight excluding hydrogens is 330 g/mol. The molecule has 2 amide bonds. The van der Waals surface area contributed by atoms with Crippen LogP contribution in [-0.4, -0.2) is 41.9 Å². The number of carbonyl (C=O) groups is 2. The number of ether oxygens (including phenoxy) is 1. The molecule has 0 saturated heterocycles. The molecule has 1 aliphatic carbocycles. The quantitative estimate of drug-likeness (QED) is 0.782. The van der Waals surface area contributed by atoms with E-state index in [1.807, 2.05) is 26.8 Å². The van der Waals surface area contributed by atoms with E-state index in [0.29, 0.717) is 24.5 Å². The smallest absolute Gasteiger partial charge is 0.260 e. The lowest BCUT2D eigenvalue weighted by Gasteiger charge is -2.37. The molecule has 2 atom stereocenters.